The Labute approximate surface area is 263 Å². The van der Waals surface area contributed by atoms with Crippen LogP contribution in [0.3, 0.4) is 0 Å². The molecular formula is C27H22Cl2N3NaO6S. The molecule has 4 aromatic rings. The van der Waals surface area contributed by atoms with Crippen molar-refractivity contribution < 1.29 is 57.2 Å². The van der Waals surface area contributed by atoms with Gasteiger partial charge in [0.25, 0.3) is 16.0 Å². The number of nitrogens with zero attached hydrogens (tertiary/aromatic N) is 2. The van der Waals surface area contributed by atoms with E-state index in [0.717, 1.165) is 0 Å². The second-order valence-corrected chi connectivity index (χ2v) is 10.5. The molecule has 4 aromatic carbocycles. The van der Waals surface area contributed by atoms with Crippen LogP contribution in [0.25, 0.3) is 10.8 Å². The van der Waals surface area contributed by atoms with E-state index in [-0.39, 0.29) is 63.5 Å². The number of carbonyl (C=O) groups excluding carboxylic acids is 1. The summed E-state index contributed by atoms with van der Waals surface area (Å²) >= 11 is 12.2. The number of aryl methyl sites for hydroxylation is 1. The van der Waals surface area contributed by atoms with E-state index >= 15 is 0 Å². The van der Waals surface area contributed by atoms with Crippen molar-refractivity contribution in [3.8, 4) is 11.5 Å². The molecule has 0 fully saturated rings. The molecular weight excluding hydrogens is 588 g/mol. The molecule has 40 heavy (non-hydrogen) atoms. The van der Waals surface area contributed by atoms with Crippen LogP contribution in [0.4, 0.5) is 17.1 Å². The number of benzene rings is 4. The van der Waals surface area contributed by atoms with Crippen molar-refractivity contribution in [1.29, 1.82) is 0 Å². The number of amides is 1. The maximum absolute atomic E-state index is 13.5. The van der Waals surface area contributed by atoms with Gasteiger partial charge in [-0.15, -0.1) is 0 Å². The summed E-state index contributed by atoms with van der Waals surface area (Å²) in [6.45, 7) is 3.81. The van der Waals surface area contributed by atoms with Crippen molar-refractivity contribution in [2.75, 3.05) is 11.9 Å². The van der Waals surface area contributed by atoms with Crippen LogP contribution >= 0.6 is 23.2 Å². The summed E-state index contributed by atoms with van der Waals surface area (Å²) in [6.07, 6.45) is 0.234. The normalized spacial score (nSPS) is 11.4. The summed E-state index contributed by atoms with van der Waals surface area (Å²) in [5.41, 5.74) is 0.460. The molecule has 9 nitrogen and oxygen atoms in total. The first kappa shape index (κ1) is 31.8. The quantitative estimate of drug-likeness (QED) is 0.175. The summed E-state index contributed by atoms with van der Waals surface area (Å²) in [7, 11) is -4.56. The number of ether oxygens (including phenoxy) is 1. The van der Waals surface area contributed by atoms with Gasteiger partial charge in [-0.25, -0.2) is 0 Å². The second kappa shape index (κ2) is 13.3. The van der Waals surface area contributed by atoms with Gasteiger partial charge in [0.05, 0.1) is 28.7 Å². The third-order valence-electron chi connectivity index (χ3n) is 5.72. The van der Waals surface area contributed by atoms with Gasteiger partial charge >= 0.3 is 29.6 Å². The molecule has 0 saturated carbocycles. The van der Waals surface area contributed by atoms with E-state index in [9.17, 15) is 22.9 Å². The molecule has 0 radical (unpaired) electrons. The zero-order chi connectivity index (χ0) is 28.3. The van der Waals surface area contributed by atoms with Crippen molar-refractivity contribution in [2.45, 2.75) is 25.2 Å². The minimum absolute atomic E-state index is 0. The van der Waals surface area contributed by atoms with Crippen LogP contribution in [0.1, 0.15) is 29.8 Å². The smallest absolute Gasteiger partial charge is 0.870 e. The van der Waals surface area contributed by atoms with E-state index in [1.54, 1.807) is 56.3 Å². The third-order valence-corrected chi connectivity index (χ3v) is 7.36. The molecule has 13 heteroatoms. The number of hydrogen-bond donors (Lipinski definition) is 2. The Hall–Kier alpha value is -2.70. The summed E-state index contributed by atoms with van der Waals surface area (Å²) in [4.78, 5) is 12.8. The van der Waals surface area contributed by atoms with Crippen molar-refractivity contribution in [3.63, 3.8) is 0 Å². The Morgan fingerprint density at radius 2 is 1.77 bits per heavy atom. The molecule has 0 aromatic heterocycles. The van der Waals surface area contributed by atoms with E-state index in [2.05, 4.69) is 15.5 Å². The van der Waals surface area contributed by atoms with Gasteiger partial charge in [-0.1, -0.05) is 60.1 Å². The van der Waals surface area contributed by atoms with Crippen LogP contribution in [-0.2, 0) is 16.5 Å². The molecule has 0 aliphatic heterocycles. The minimum atomic E-state index is -4.56. The Morgan fingerprint density at radius 3 is 2.45 bits per heavy atom. The van der Waals surface area contributed by atoms with Crippen LogP contribution in [-0.4, -0.2) is 25.5 Å². The van der Waals surface area contributed by atoms with E-state index in [1.807, 2.05) is 0 Å². The molecule has 0 aliphatic carbocycles. The van der Waals surface area contributed by atoms with Crippen molar-refractivity contribution in [2.24, 2.45) is 10.2 Å². The number of azo groups is 1. The van der Waals surface area contributed by atoms with E-state index in [1.165, 1.54) is 18.2 Å². The standard InChI is InChI=1S/C27H23Cl2N3O6S.Na/c1-3-15-11-18(14-21(29)26(15)39(35,36)37)31-32-24-19-8-6-5-7-16(19)12-20(25(24)33)27(34)30-22-10-9-17(28)13-23(22)38-4-2;/h5-14,33H,3-4H2,1-2H3,(H,30,34)(H,35,36,37);/q;+1/p-1. The third kappa shape index (κ3) is 6.95. The maximum atomic E-state index is 13.5. The number of rotatable bonds is 8. The van der Waals surface area contributed by atoms with Gasteiger partial charge in [0.1, 0.15) is 10.6 Å². The summed E-state index contributed by atoms with van der Waals surface area (Å²) in [6, 6.07) is 15.7. The number of halogens is 2. The van der Waals surface area contributed by atoms with Crippen molar-refractivity contribution >= 4 is 67.1 Å². The average molecular weight is 610 g/mol. The summed E-state index contributed by atoms with van der Waals surface area (Å²) in [5.74, 6) is -0.999. The fraction of sp³-hybridized carbons (Fsp3) is 0.148. The Bertz CT molecular complexity index is 1730. The van der Waals surface area contributed by atoms with E-state index < -0.39 is 26.7 Å². The predicted octanol–water partition coefficient (Wildman–Crippen LogP) is 4.10. The first-order valence-electron chi connectivity index (χ1n) is 11.7. The number of carbonyl (C=O) groups is 1. The monoisotopic (exact) mass is 609 g/mol. The first-order chi connectivity index (χ1) is 18.5. The van der Waals surface area contributed by atoms with Crippen LogP contribution in [0.5, 0.6) is 11.5 Å². The van der Waals surface area contributed by atoms with Gasteiger partial charge in [0, 0.05) is 22.0 Å². The zero-order valence-corrected chi connectivity index (χ0v) is 26.1. The predicted molar refractivity (Wildman–Crippen MR) is 149 cm³/mol. The molecule has 0 saturated heterocycles. The molecule has 0 heterocycles. The van der Waals surface area contributed by atoms with E-state index in [4.69, 9.17) is 27.9 Å². The minimum Gasteiger partial charge on any atom is -0.870 e. The Balaban J connectivity index is 0.00000441. The average Bonchev–Trinajstić information content (AvgIpc) is 2.88. The molecule has 0 aliphatic rings. The molecule has 0 bridgehead atoms. The van der Waals surface area contributed by atoms with Crippen molar-refractivity contribution in [1.82, 2.24) is 0 Å². The number of hydrogen-bond acceptors (Lipinski definition) is 7. The van der Waals surface area contributed by atoms with Gasteiger partial charge in [0.15, 0.2) is 0 Å². The van der Waals surface area contributed by atoms with Gasteiger partial charge in [-0.05, 0) is 54.6 Å². The fourth-order valence-electron chi connectivity index (χ4n) is 3.99. The largest absolute Gasteiger partial charge is 1.00 e. The molecule has 4 rings (SSSR count). The van der Waals surface area contributed by atoms with E-state index in [0.29, 0.717) is 33.8 Å². The first-order valence-corrected chi connectivity index (χ1v) is 13.9. The van der Waals surface area contributed by atoms with Crippen molar-refractivity contribution in [3.05, 3.63) is 81.8 Å². The van der Waals surface area contributed by atoms with Gasteiger partial charge in [-0.2, -0.15) is 18.6 Å². The van der Waals surface area contributed by atoms with Crippen LogP contribution < -0.4 is 44.7 Å². The Kier molecular flexibility index (Phi) is 10.6. The molecule has 0 unspecified atom stereocenters. The summed E-state index contributed by atoms with van der Waals surface area (Å²) < 4.78 is 38.6. The maximum Gasteiger partial charge on any atom is 1.00 e. The molecule has 1 amide bonds. The second-order valence-electron chi connectivity index (χ2n) is 8.30. The van der Waals surface area contributed by atoms with Crippen LogP contribution in [0, 0.1) is 0 Å². The van der Waals surface area contributed by atoms with Gasteiger partial charge in [0.2, 0.25) is 0 Å². The molecule has 0 atom stereocenters. The summed E-state index contributed by atoms with van der Waals surface area (Å²) in [5, 5.41) is 25.6. The molecule has 2 N–H and O–H groups in total. The number of fused-ring (bicyclic) bond motifs is 1. The number of anilines is 1. The van der Waals surface area contributed by atoms with Crippen LogP contribution in [0.15, 0.2) is 75.8 Å². The van der Waals surface area contributed by atoms with Gasteiger partial charge < -0.3 is 15.2 Å². The van der Waals surface area contributed by atoms with Gasteiger partial charge in [-0.3, -0.25) is 9.35 Å². The Morgan fingerprint density at radius 1 is 1.05 bits per heavy atom. The SMILES string of the molecule is CCOc1cc(Cl)ccc1NC(=O)c1cc2ccccc2c(N=Nc2cc(Cl)c(S(=O)(=O)O)c(CC)c2)c1[O-].[Na+]. The number of nitrogens with one attached hydrogen (secondary N) is 1. The molecule has 0 spiro atoms. The zero-order valence-electron chi connectivity index (χ0n) is 21.7. The fourth-order valence-corrected chi connectivity index (χ4v) is 5.52. The molecule has 202 valence electrons. The topological polar surface area (TPSA) is 140 Å². The van der Waals surface area contributed by atoms with Crippen LogP contribution in [0.2, 0.25) is 10.0 Å².